The molecule has 2 rings (SSSR count). The number of hydrogen-bond acceptors (Lipinski definition) is 5. The third kappa shape index (κ3) is 2.37. The van der Waals surface area contributed by atoms with Crippen LogP contribution in [-0.4, -0.2) is 36.7 Å². The average molecular weight is 297 g/mol. The molecule has 2 heterocycles. The van der Waals surface area contributed by atoms with Gasteiger partial charge in [-0.1, -0.05) is 26.6 Å². The van der Waals surface area contributed by atoms with Crippen molar-refractivity contribution in [3.8, 4) is 5.88 Å². The van der Waals surface area contributed by atoms with Gasteiger partial charge in [-0.05, 0) is 12.5 Å². The summed E-state index contributed by atoms with van der Waals surface area (Å²) in [5, 5.41) is 21.7. The van der Waals surface area contributed by atoms with Crippen LogP contribution in [0.5, 0.6) is 5.88 Å². The van der Waals surface area contributed by atoms with Crippen molar-refractivity contribution >= 4 is 13.4 Å². The second-order valence-corrected chi connectivity index (χ2v) is 11.2. The Hall–Kier alpha value is -0.953. The van der Waals surface area contributed by atoms with Gasteiger partial charge < -0.3 is 19.7 Å². The van der Waals surface area contributed by atoms with E-state index in [1.807, 2.05) is 13.0 Å². The van der Waals surface area contributed by atoms with Gasteiger partial charge in [0.15, 0.2) is 6.29 Å². The highest BCUT2D eigenvalue weighted by Crippen LogP contribution is 2.39. The molecule has 0 fully saturated rings. The first-order valence-electron chi connectivity index (χ1n) is 6.85. The van der Waals surface area contributed by atoms with E-state index in [9.17, 15) is 10.2 Å². The van der Waals surface area contributed by atoms with Crippen LogP contribution in [0.1, 0.15) is 24.5 Å². The minimum absolute atomic E-state index is 0.195. The van der Waals surface area contributed by atoms with E-state index in [-0.39, 0.29) is 6.61 Å². The van der Waals surface area contributed by atoms with E-state index >= 15 is 0 Å². The molecule has 0 saturated heterocycles. The fourth-order valence-corrected chi connectivity index (χ4v) is 3.44. The topological polar surface area (TPSA) is 71.8 Å². The molecule has 112 valence electrons. The van der Waals surface area contributed by atoms with Gasteiger partial charge in [0, 0.05) is 16.4 Å². The fourth-order valence-electron chi connectivity index (χ4n) is 2.43. The van der Waals surface area contributed by atoms with Crippen LogP contribution in [0, 0.1) is 0 Å². The van der Waals surface area contributed by atoms with Crippen molar-refractivity contribution in [2.45, 2.75) is 51.5 Å². The van der Waals surface area contributed by atoms with E-state index in [0.717, 1.165) is 10.9 Å². The van der Waals surface area contributed by atoms with Crippen molar-refractivity contribution in [3.63, 3.8) is 0 Å². The summed E-state index contributed by atoms with van der Waals surface area (Å²) in [5.74, 6) is 0.485. The summed E-state index contributed by atoms with van der Waals surface area (Å²) in [7, 11) is -0.100. The van der Waals surface area contributed by atoms with Crippen LogP contribution >= 0.6 is 0 Å². The zero-order valence-electron chi connectivity index (χ0n) is 12.7. The van der Waals surface area contributed by atoms with Crippen LogP contribution in [0.3, 0.4) is 0 Å². The van der Waals surface area contributed by atoms with Gasteiger partial charge in [0.1, 0.15) is 13.7 Å². The van der Waals surface area contributed by atoms with Crippen molar-refractivity contribution in [2.24, 2.45) is 0 Å². The van der Waals surface area contributed by atoms with E-state index in [2.05, 4.69) is 24.6 Å². The first-order valence-corrected chi connectivity index (χ1v) is 10.3. The molecule has 2 atom stereocenters. The first kappa shape index (κ1) is 15.4. The van der Waals surface area contributed by atoms with Gasteiger partial charge >= 0.3 is 0 Å². The largest absolute Gasteiger partial charge is 0.481 e. The van der Waals surface area contributed by atoms with Crippen molar-refractivity contribution in [3.05, 3.63) is 17.2 Å². The molecule has 1 aliphatic heterocycles. The normalized spacial score (nSPS) is 26.2. The fraction of sp³-hybridized carbons (Fsp3) is 0.643. The van der Waals surface area contributed by atoms with E-state index in [1.54, 1.807) is 7.11 Å². The molecular weight excluding hydrogens is 274 g/mol. The predicted octanol–water partition coefficient (Wildman–Crippen LogP) is 1.08. The van der Waals surface area contributed by atoms with Crippen LogP contribution in [-0.2, 0) is 16.9 Å². The summed E-state index contributed by atoms with van der Waals surface area (Å²) < 4.78 is 10.6. The molecule has 1 aliphatic rings. The summed E-state index contributed by atoms with van der Waals surface area (Å²) in [6.07, 6.45) is -0.860. The molecule has 0 saturated carbocycles. The summed E-state index contributed by atoms with van der Waals surface area (Å²) in [5.41, 5.74) is 0.00486. The summed E-state index contributed by atoms with van der Waals surface area (Å²) >= 11 is 0. The highest BCUT2D eigenvalue weighted by atomic mass is 28.3. The summed E-state index contributed by atoms with van der Waals surface area (Å²) in [6.45, 7) is 8.56. The van der Waals surface area contributed by atoms with E-state index < -0.39 is 20.0 Å². The molecular formula is C14H23NO4Si. The number of pyridine rings is 1. The molecule has 1 aromatic rings. The number of rotatable bonds is 3. The molecule has 0 amide bonds. The lowest BCUT2D eigenvalue weighted by Crippen LogP contribution is -2.48. The number of methoxy groups -OCH3 is 1. The van der Waals surface area contributed by atoms with Crippen LogP contribution < -0.4 is 10.1 Å². The number of aliphatic hydroxyl groups excluding tert-OH is 1. The van der Waals surface area contributed by atoms with E-state index in [0.29, 0.717) is 17.9 Å². The molecule has 6 heteroatoms. The molecule has 2 N–H and O–H groups in total. The first-order chi connectivity index (χ1) is 9.24. The Morgan fingerprint density at radius 3 is 2.65 bits per heavy atom. The lowest BCUT2D eigenvalue weighted by atomic mass is 9.86. The quantitative estimate of drug-likeness (QED) is 0.817. The number of aliphatic hydroxyl groups is 2. The molecule has 0 aliphatic carbocycles. The third-order valence-corrected chi connectivity index (χ3v) is 5.64. The Morgan fingerprint density at radius 1 is 1.50 bits per heavy atom. The standard InChI is InChI=1S/C14H23NO4Si/c1-6-14(17)10-7-11(20(3,4)5)15-12(18-2)9(10)8-19-13(14)16/h7,13,16-17H,6,8H2,1-5H3/t13-,14-/m1/s1. The van der Waals surface area contributed by atoms with Crippen LogP contribution in [0.2, 0.25) is 19.6 Å². The van der Waals surface area contributed by atoms with Crippen molar-refractivity contribution < 1.29 is 19.7 Å². The van der Waals surface area contributed by atoms with Gasteiger partial charge in [0.2, 0.25) is 5.88 Å². The maximum absolute atomic E-state index is 10.8. The number of aromatic nitrogens is 1. The van der Waals surface area contributed by atoms with Gasteiger partial charge in [-0.15, -0.1) is 0 Å². The smallest absolute Gasteiger partial charge is 0.218 e. The zero-order chi connectivity index (χ0) is 15.1. The van der Waals surface area contributed by atoms with Crippen molar-refractivity contribution in [2.75, 3.05) is 7.11 Å². The molecule has 0 aromatic carbocycles. The molecule has 0 spiro atoms. The Balaban J connectivity index is 2.69. The van der Waals surface area contributed by atoms with Gasteiger partial charge in [-0.3, -0.25) is 0 Å². The second-order valence-electron chi connectivity index (χ2n) is 6.23. The molecule has 0 unspecified atom stereocenters. The molecule has 20 heavy (non-hydrogen) atoms. The number of ether oxygens (including phenoxy) is 2. The Labute approximate surface area is 120 Å². The van der Waals surface area contributed by atoms with Gasteiger partial charge in [0.05, 0.1) is 13.7 Å². The van der Waals surface area contributed by atoms with Crippen LogP contribution in [0.25, 0.3) is 0 Å². The zero-order valence-corrected chi connectivity index (χ0v) is 13.7. The van der Waals surface area contributed by atoms with E-state index in [4.69, 9.17) is 9.47 Å². The highest BCUT2D eigenvalue weighted by molar-refractivity contribution is 6.88. The molecule has 0 bridgehead atoms. The molecule has 5 nitrogen and oxygen atoms in total. The van der Waals surface area contributed by atoms with Gasteiger partial charge in [-0.2, -0.15) is 0 Å². The van der Waals surface area contributed by atoms with E-state index in [1.165, 1.54) is 0 Å². The number of nitrogens with zero attached hydrogens (tertiary/aromatic N) is 1. The Morgan fingerprint density at radius 2 is 2.15 bits per heavy atom. The van der Waals surface area contributed by atoms with Crippen LogP contribution in [0.4, 0.5) is 0 Å². The van der Waals surface area contributed by atoms with Gasteiger partial charge in [0.25, 0.3) is 0 Å². The van der Waals surface area contributed by atoms with Gasteiger partial charge in [-0.25, -0.2) is 4.98 Å². The number of hydrogen-bond donors (Lipinski definition) is 2. The van der Waals surface area contributed by atoms with Crippen molar-refractivity contribution in [1.29, 1.82) is 0 Å². The second kappa shape index (κ2) is 5.11. The number of fused-ring (bicyclic) bond motifs is 1. The maximum atomic E-state index is 10.8. The molecule has 0 radical (unpaired) electrons. The summed E-state index contributed by atoms with van der Waals surface area (Å²) in [6, 6.07) is 1.92. The minimum atomic E-state index is -1.66. The monoisotopic (exact) mass is 297 g/mol. The Bertz CT molecular complexity index is 515. The SMILES string of the molecule is CC[C@@]1(O)c2cc([Si](C)(C)C)nc(OC)c2CO[C@H]1O. The lowest BCUT2D eigenvalue weighted by Gasteiger charge is -2.38. The van der Waals surface area contributed by atoms with Crippen LogP contribution in [0.15, 0.2) is 6.07 Å². The lowest BCUT2D eigenvalue weighted by molar-refractivity contribution is -0.236. The third-order valence-electron chi connectivity index (χ3n) is 3.85. The Kier molecular flexibility index (Phi) is 3.94. The average Bonchev–Trinajstić information content (AvgIpc) is 2.40. The maximum Gasteiger partial charge on any atom is 0.218 e. The van der Waals surface area contributed by atoms with Crippen molar-refractivity contribution in [1.82, 2.24) is 4.98 Å². The minimum Gasteiger partial charge on any atom is -0.481 e. The highest BCUT2D eigenvalue weighted by Gasteiger charge is 2.44. The summed E-state index contributed by atoms with van der Waals surface area (Å²) in [4.78, 5) is 4.57. The predicted molar refractivity (Wildman–Crippen MR) is 78.8 cm³/mol. The molecule has 1 aromatic heterocycles.